The highest BCUT2D eigenvalue weighted by Crippen LogP contribution is 2.21. The molecular weight excluding hydrogens is 348 g/mol. The Morgan fingerprint density at radius 2 is 2.18 bits per heavy atom. The van der Waals surface area contributed by atoms with E-state index in [1.165, 1.54) is 0 Å². The molecule has 2 aromatic heterocycles. The van der Waals surface area contributed by atoms with Gasteiger partial charge in [0.1, 0.15) is 5.76 Å². The highest BCUT2D eigenvalue weighted by atomic mass is 79.9. The lowest BCUT2D eigenvalue weighted by molar-refractivity contribution is 0.0249. The average Bonchev–Trinajstić information content (AvgIpc) is 3.06. The number of furan rings is 1. The van der Waals surface area contributed by atoms with E-state index < -0.39 is 0 Å². The monoisotopic (exact) mass is 364 g/mol. The Balaban J connectivity index is 1.84. The summed E-state index contributed by atoms with van der Waals surface area (Å²) in [6.45, 7) is 1.83. The molecule has 6 heteroatoms. The number of hydrogen-bond donors (Lipinski definition) is 0. The minimum absolute atomic E-state index is 0.0305. The topological polar surface area (TPSA) is 55.6 Å². The van der Waals surface area contributed by atoms with E-state index in [4.69, 9.17) is 9.15 Å². The van der Waals surface area contributed by atoms with Crippen molar-refractivity contribution < 1.29 is 13.9 Å². The molecule has 3 rings (SSSR count). The van der Waals surface area contributed by atoms with Crippen molar-refractivity contribution in [2.75, 3.05) is 13.2 Å². The Labute approximate surface area is 137 Å². The van der Waals surface area contributed by atoms with Crippen LogP contribution in [0.4, 0.5) is 0 Å². The Bertz CT molecular complexity index is 624. The summed E-state index contributed by atoms with van der Waals surface area (Å²) in [5, 5.41) is 0. The van der Waals surface area contributed by atoms with Gasteiger partial charge in [-0.05, 0) is 47.0 Å². The average molecular weight is 365 g/mol. The molecule has 0 saturated carbocycles. The van der Waals surface area contributed by atoms with Gasteiger partial charge in [-0.3, -0.25) is 9.78 Å². The summed E-state index contributed by atoms with van der Waals surface area (Å²) in [6, 6.07) is 5.68. The summed E-state index contributed by atoms with van der Waals surface area (Å²) < 4.78 is 11.6. The maximum atomic E-state index is 12.9. The van der Waals surface area contributed by atoms with Gasteiger partial charge in [-0.25, -0.2) is 0 Å². The van der Waals surface area contributed by atoms with Crippen LogP contribution in [0, 0.1) is 0 Å². The van der Waals surface area contributed by atoms with E-state index >= 15 is 0 Å². The number of pyridine rings is 1. The van der Waals surface area contributed by atoms with Crippen LogP contribution in [0.1, 0.15) is 29.0 Å². The lowest BCUT2D eigenvalue weighted by Crippen LogP contribution is -2.43. The van der Waals surface area contributed by atoms with Crippen LogP contribution in [0.5, 0.6) is 0 Å². The molecule has 1 fully saturated rings. The number of hydrogen-bond acceptors (Lipinski definition) is 4. The number of halogens is 1. The molecule has 5 nitrogen and oxygen atoms in total. The number of carbonyl (C=O) groups is 1. The molecule has 0 spiro atoms. The Morgan fingerprint density at radius 3 is 2.86 bits per heavy atom. The van der Waals surface area contributed by atoms with Crippen LogP contribution in [-0.2, 0) is 11.3 Å². The van der Waals surface area contributed by atoms with Crippen LogP contribution in [-0.4, -0.2) is 35.0 Å². The molecule has 0 N–H and O–H groups in total. The van der Waals surface area contributed by atoms with Crippen molar-refractivity contribution in [3.05, 3.63) is 52.7 Å². The molecular formula is C16H17BrN2O3. The summed E-state index contributed by atoms with van der Waals surface area (Å²) in [5.41, 5.74) is 0.576. The van der Waals surface area contributed by atoms with E-state index in [-0.39, 0.29) is 11.9 Å². The number of amides is 1. The molecule has 0 bridgehead atoms. The molecule has 1 saturated heterocycles. The summed E-state index contributed by atoms with van der Waals surface area (Å²) >= 11 is 3.36. The molecule has 116 valence electrons. The third kappa shape index (κ3) is 3.56. The first-order valence-electron chi connectivity index (χ1n) is 7.25. The number of ether oxygens (including phenoxy) is 1. The molecule has 1 amide bonds. The third-order valence-electron chi connectivity index (χ3n) is 3.75. The molecule has 0 unspecified atom stereocenters. The number of aromatic nitrogens is 1. The van der Waals surface area contributed by atoms with Crippen molar-refractivity contribution in [3.8, 4) is 0 Å². The van der Waals surface area contributed by atoms with E-state index in [9.17, 15) is 4.79 Å². The molecule has 0 radical (unpaired) electrons. The smallest absolute Gasteiger partial charge is 0.256 e. The number of carbonyl (C=O) groups excluding carboxylic acids is 1. The highest BCUT2D eigenvalue weighted by Gasteiger charge is 2.27. The van der Waals surface area contributed by atoms with Gasteiger partial charge in [0, 0.05) is 36.1 Å². The zero-order valence-electron chi connectivity index (χ0n) is 12.1. The molecule has 1 aliphatic heterocycles. The molecule has 0 aromatic carbocycles. The third-order valence-corrected chi connectivity index (χ3v) is 4.18. The van der Waals surface area contributed by atoms with E-state index in [0.717, 1.165) is 23.1 Å². The molecule has 3 heterocycles. The fourth-order valence-corrected chi connectivity index (χ4v) is 2.99. The van der Waals surface area contributed by atoms with Crippen molar-refractivity contribution in [3.63, 3.8) is 0 Å². The Kier molecular flexibility index (Phi) is 4.90. The van der Waals surface area contributed by atoms with E-state index in [0.29, 0.717) is 25.3 Å². The molecule has 1 aliphatic rings. The highest BCUT2D eigenvalue weighted by molar-refractivity contribution is 9.10. The summed E-state index contributed by atoms with van der Waals surface area (Å²) in [7, 11) is 0. The van der Waals surface area contributed by atoms with Crippen molar-refractivity contribution in [2.45, 2.75) is 25.4 Å². The minimum atomic E-state index is -0.0305. The van der Waals surface area contributed by atoms with Crippen molar-refractivity contribution in [1.29, 1.82) is 0 Å². The zero-order chi connectivity index (χ0) is 15.4. The second-order valence-electron chi connectivity index (χ2n) is 5.25. The van der Waals surface area contributed by atoms with Crippen molar-refractivity contribution in [1.82, 2.24) is 9.88 Å². The summed E-state index contributed by atoms with van der Waals surface area (Å²) in [5.74, 6) is 0.750. The fourth-order valence-electron chi connectivity index (χ4n) is 2.63. The number of nitrogens with zero attached hydrogens (tertiary/aromatic N) is 2. The Hall–Kier alpha value is -1.66. The van der Waals surface area contributed by atoms with Gasteiger partial charge in [0.2, 0.25) is 0 Å². The van der Waals surface area contributed by atoms with Gasteiger partial charge in [0.05, 0.1) is 18.4 Å². The quantitative estimate of drug-likeness (QED) is 0.835. The number of rotatable bonds is 4. The van der Waals surface area contributed by atoms with Crippen LogP contribution < -0.4 is 0 Å². The van der Waals surface area contributed by atoms with Crippen LogP contribution in [0.3, 0.4) is 0 Å². The van der Waals surface area contributed by atoms with Crippen molar-refractivity contribution in [2.24, 2.45) is 0 Å². The van der Waals surface area contributed by atoms with Crippen LogP contribution in [0.25, 0.3) is 0 Å². The zero-order valence-corrected chi connectivity index (χ0v) is 13.7. The largest absolute Gasteiger partial charge is 0.467 e. The van der Waals surface area contributed by atoms with Crippen LogP contribution in [0.15, 0.2) is 45.7 Å². The van der Waals surface area contributed by atoms with Gasteiger partial charge >= 0.3 is 0 Å². The van der Waals surface area contributed by atoms with E-state index in [2.05, 4.69) is 20.9 Å². The summed E-state index contributed by atoms with van der Waals surface area (Å²) in [6.07, 6.45) is 6.58. The van der Waals surface area contributed by atoms with Gasteiger partial charge in [-0.1, -0.05) is 0 Å². The maximum Gasteiger partial charge on any atom is 0.256 e. The van der Waals surface area contributed by atoms with E-state index in [1.807, 2.05) is 17.0 Å². The maximum absolute atomic E-state index is 12.9. The first-order valence-corrected chi connectivity index (χ1v) is 8.05. The SMILES string of the molecule is O=C(c1cncc(Br)c1)N(Cc1ccco1)C1CCOCC1. The first kappa shape index (κ1) is 15.2. The van der Waals surface area contributed by atoms with Gasteiger partial charge in [0.25, 0.3) is 5.91 Å². The van der Waals surface area contributed by atoms with Gasteiger partial charge in [-0.2, -0.15) is 0 Å². The predicted octanol–water partition coefficient (Wildman–Crippen LogP) is 3.26. The Morgan fingerprint density at radius 1 is 1.36 bits per heavy atom. The van der Waals surface area contributed by atoms with Gasteiger partial charge < -0.3 is 14.1 Å². The molecule has 0 atom stereocenters. The normalized spacial score (nSPS) is 15.7. The van der Waals surface area contributed by atoms with Crippen LogP contribution in [0.2, 0.25) is 0 Å². The van der Waals surface area contributed by atoms with Crippen LogP contribution >= 0.6 is 15.9 Å². The standard InChI is InChI=1S/C16H17BrN2O3/c17-13-8-12(9-18-10-13)16(20)19(11-15-2-1-5-22-15)14-3-6-21-7-4-14/h1-2,5,8-10,14H,3-4,6-7,11H2. The molecule has 2 aromatic rings. The molecule has 22 heavy (non-hydrogen) atoms. The van der Waals surface area contributed by atoms with Crippen molar-refractivity contribution >= 4 is 21.8 Å². The fraction of sp³-hybridized carbons (Fsp3) is 0.375. The lowest BCUT2D eigenvalue weighted by Gasteiger charge is -2.33. The predicted molar refractivity (Wildman–Crippen MR) is 84.4 cm³/mol. The second-order valence-corrected chi connectivity index (χ2v) is 6.16. The van der Waals surface area contributed by atoms with Gasteiger partial charge in [0.15, 0.2) is 0 Å². The summed E-state index contributed by atoms with van der Waals surface area (Å²) in [4.78, 5) is 18.9. The van der Waals surface area contributed by atoms with Gasteiger partial charge in [-0.15, -0.1) is 0 Å². The van der Waals surface area contributed by atoms with E-state index in [1.54, 1.807) is 24.7 Å². The lowest BCUT2D eigenvalue weighted by atomic mass is 10.1. The first-order chi connectivity index (χ1) is 10.7. The molecule has 0 aliphatic carbocycles. The minimum Gasteiger partial charge on any atom is -0.467 e. The second kappa shape index (κ2) is 7.07.